The third kappa shape index (κ3) is 7.29. The molecular formula is C26H22F3N3O5. The average Bonchev–Trinajstić information content (AvgIpc) is 3.69. The van der Waals surface area contributed by atoms with Gasteiger partial charge in [-0.1, -0.05) is 24.3 Å². The molecule has 1 saturated carbocycles. The molecule has 1 heterocycles. The highest BCUT2D eigenvalue weighted by atomic mass is 19.4. The molecule has 0 aliphatic heterocycles. The van der Waals surface area contributed by atoms with Crippen LogP contribution in [0.4, 0.5) is 29.3 Å². The second kappa shape index (κ2) is 10.7. The third-order valence-electron chi connectivity index (χ3n) is 5.55. The summed E-state index contributed by atoms with van der Waals surface area (Å²) < 4.78 is 41.8. The van der Waals surface area contributed by atoms with Crippen molar-refractivity contribution >= 4 is 29.2 Å². The van der Waals surface area contributed by atoms with Crippen LogP contribution in [0, 0.1) is 0 Å². The zero-order chi connectivity index (χ0) is 26.6. The maximum atomic E-state index is 12.8. The van der Waals surface area contributed by atoms with Crippen molar-refractivity contribution in [3.63, 3.8) is 0 Å². The normalized spacial score (nSPS) is 13.1. The topological polar surface area (TPSA) is 118 Å². The van der Waals surface area contributed by atoms with E-state index in [9.17, 15) is 27.6 Å². The lowest BCUT2D eigenvalue weighted by molar-refractivity contribution is -0.153. The van der Waals surface area contributed by atoms with E-state index in [0.29, 0.717) is 17.2 Å². The maximum absolute atomic E-state index is 12.8. The first-order valence-corrected chi connectivity index (χ1v) is 11.3. The van der Waals surface area contributed by atoms with Gasteiger partial charge in [0, 0.05) is 23.4 Å². The number of nitrogens with zero attached hydrogens (tertiary/aromatic N) is 1. The number of alkyl halides is 3. The van der Waals surface area contributed by atoms with E-state index in [1.165, 1.54) is 11.6 Å². The lowest BCUT2D eigenvalue weighted by atomic mass is 10.0. The van der Waals surface area contributed by atoms with Gasteiger partial charge in [-0.05, 0) is 48.6 Å². The van der Waals surface area contributed by atoms with Crippen molar-refractivity contribution in [3.05, 3.63) is 71.9 Å². The number of Topliss-reactive ketones (excluding diaryl/α,β-unsaturated/α-hetero) is 1. The Hall–Kier alpha value is -4.41. The highest BCUT2D eigenvalue weighted by Crippen LogP contribution is 2.40. The molecule has 1 aliphatic rings. The van der Waals surface area contributed by atoms with E-state index in [2.05, 4.69) is 15.0 Å². The predicted molar refractivity (Wildman–Crippen MR) is 129 cm³/mol. The van der Waals surface area contributed by atoms with Gasteiger partial charge >= 0.3 is 12.3 Å². The first-order chi connectivity index (χ1) is 17.6. The molecular weight excluding hydrogens is 491 g/mol. The fourth-order valence-corrected chi connectivity index (χ4v) is 3.63. The van der Waals surface area contributed by atoms with Crippen LogP contribution < -0.4 is 15.4 Å². The number of hydrogen-bond acceptors (Lipinski definition) is 5. The molecule has 3 aromatic rings. The number of ketones is 1. The van der Waals surface area contributed by atoms with Crippen molar-refractivity contribution in [3.8, 4) is 17.0 Å². The number of benzene rings is 2. The minimum absolute atomic E-state index is 0.0479. The lowest BCUT2D eigenvalue weighted by Crippen LogP contribution is -2.20. The van der Waals surface area contributed by atoms with Crippen molar-refractivity contribution in [2.24, 2.45) is 0 Å². The van der Waals surface area contributed by atoms with Crippen molar-refractivity contribution < 1.29 is 37.4 Å². The minimum Gasteiger partial charge on any atom is -0.484 e. The standard InChI is InChI=1S/C26H22F3N3O5/c27-26(28,29)14-37-19-7-9-21(22(11-19)32-25(35)36)31-24(34)12-23(33)17-3-1-2-16(10-17)20-8-6-18(13-30-20)15-4-5-15/h1-3,6-11,13,15,32H,4-5,12,14H2,(H,31,34)(H,35,36). The van der Waals surface area contributed by atoms with Crippen LogP contribution in [0.1, 0.15) is 41.1 Å². The van der Waals surface area contributed by atoms with Gasteiger partial charge in [0.1, 0.15) is 5.75 Å². The van der Waals surface area contributed by atoms with E-state index in [-0.39, 0.29) is 17.1 Å². The smallest absolute Gasteiger partial charge is 0.422 e. The molecule has 2 amide bonds. The van der Waals surface area contributed by atoms with Gasteiger partial charge in [-0.25, -0.2) is 4.79 Å². The Balaban J connectivity index is 1.43. The second-order valence-corrected chi connectivity index (χ2v) is 8.52. The molecule has 1 aliphatic carbocycles. The number of rotatable bonds is 9. The predicted octanol–water partition coefficient (Wildman–Crippen LogP) is 5.87. The van der Waals surface area contributed by atoms with Crippen molar-refractivity contribution in [2.45, 2.75) is 31.4 Å². The first-order valence-electron chi connectivity index (χ1n) is 11.3. The van der Waals surface area contributed by atoms with Gasteiger partial charge in [0.15, 0.2) is 12.4 Å². The monoisotopic (exact) mass is 513 g/mol. The molecule has 3 N–H and O–H groups in total. The fraction of sp³-hybridized carbons (Fsp3) is 0.231. The Labute approximate surface area is 209 Å². The Morgan fingerprint density at radius 2 is 1.78 bits per heavy atom. The molecule has 0 saturated heterocycles. The maximum Gasteiger partial charge on any atom is 0.422 e. The zero-order valence-electron chi connectivity index (χ0n) is 19.3. The summed E-state index contributed by atoms with van der Waals surface area (Å²) in [5.41, 5.74) is 2.63. The summed E-state index contributed by atoms with van der Waals surface area (Å²) in [4.78, 5) is 40.9. The first kappa shape index (κ1) is 25.7. The number of aromatic nitrogens is 1. The van der Waals surface area contributed by atoms with Crippen LogP contribution in [0.5, 0.6) is 5.75 Å². The third-order valence-corrected chi connectivity index (χ3v) is 5.55. The summed E-state index contributed by atoms with van der Waals surface area (Å²) in [7, 11) is 0. The summed E-state index contributed by atoms with van der Waals surface area (Å²) in [6.07, 6.45) is -2.47. The lowest BCUT2D eigenvalue weighted by Gasteiger charge is -2.14. The Kier molecular flexibility index (Phi) is 7.42. The molecule has 8 nitrogen and oxygen atoms in total. The van der Waals surface area contributed by atoms with E-state index in [4.69, 9.17) is 5.11 Å². The molecule has 0 spiro atoms. The number of pyridine rings is 1. The minimum atomic E-state index is -4.58. The molecule has 11 heteroatoms. The number of hydrogen-bond donors (Lipinski definition) is 3. The van der Waals surface area contributed by atoms with Crippen molar-refractivity contribution in [1.82, 2.24) is 4.98 Å². The summed E-state index contributed by atoms with van der Waals surface area (Å²) >= 11 is 0. The number of carbonyl (C=O) groups is 3. The number of anilines is 2. The van der Waals surface area contributed by atoms with Gasteiger partial charge in [-0.2, -0.15) is 13.2 Å². The molecule has 4 rings (SSSR count). The second-order valence-electron chi connectivity index (χ2n) is 8.52. The summed E-state index contributed by atoms with van der Waals surface area (Å²) in [5, 5.41) is 13.4. The average molecular weight is 513 g/mol. The molecule has 0 unspecified atom stereocenters. The largest absolute Gasteiger partial charge is 0.484 e. The summed E-state index contributed by atoms with van der Waals surface area (Å²) in [6.45, 7) is -1.57. The van der Waals surface area contributed by atoms with Crippen LogP contribution in [-0.4, -0.2) is 40.7 Å². The Morgan fingerprint density at radius 1 is 1.00 bits per heavy atom. The fourth-order valence-electron chi connectivity index (χ4n) is 3.63. The highest BCUT2D eigenvalue weighted by molar-refractivity contribution is 6.12. The molecule has 1 aromatic heterocycles. The Bertz CT molecular complexity index is 1320. The van der Waals surface area contributed by atoms with Crippen LogP contribution in [0.3, 0.4) is 0 Å². The van der Waals surface area contributed by atoms with E-state index < -0.39 is 37.0 Å². The summed E-state index contributed by atoms with van der Waals surface area (Å²) in [6, 6.07) is 13.9. The van der Waals surface area contributed by atoms with Gasteiger partial charge < -0.3 is 15.2 Å². The van der Waals surface area contributed by atoms with Gasteiger partial charge in [0.25, 0.3) is 0 Å². The van der Waals surface area contributed by atoms with Crippen LogP contribution in [0.15, 0.2) is 60.8 Å². The number of carbonyl (C=O) groups excluding carboxylic acids is 2. The molecule has 0 bridgehead atoms. The van der Waals surface area contributed by atoms with E-state index in [1.807, 2.05) is 29.7 Å². The molecule has 0 atom stereocenters. The number of ether oxygens (including phenoxy) is 1. The molecule has 1 fully saturated rings. The van der Waals surface area contributed by atoms with E-state index in [0.717, 1.165) is 30.5 Å². The number of carboxylic acid groups (broad SMARTS) is 1. The Morgan fingerprint density at radius 3 is 2.43 bits per heavy atom. The van der Waals surface area contributed by atoms with E-state index >= 15 is 0 Å². The quantitative estimate of drug-likeness (QED) is 0.243. The van der Waals surface area contributed by atoms with Crippen molar-refractivity contribution in [1.29, 1.82) is 0 Å². The molecule has 0 radical (unpaired) electrons. The van der Waals surface area contributed by atoms with Gasteiger partial charge in [0.2, 0.25) is 5.91 Å². The highest BCUT2D eigenvalue weighted by Gasteiger charge is 2.28. The van der Waals surface area contributed by atoms with Crippen LogP contribution >= 0.6 is 0 Å². The van der Waals surface area contributed by atoms with Gasteiger partial charge in [-0.3, -0.25) is 19.9 Å². The van der Waals surface area contributed by atoms with Crippen LogP contribution in [0.25, 0.3) is 11.3 Å². The zero-order valence-corrected chi connectivity index (χ0v) is 19.3. The molecule has 2 aromatic carbocycles. The van der Waals surface area contributed by atoms with Crippen LogP contribution in [0.2, 0.25) is 0 Å². The number of nitrogens with one attached hydrogen (secondary N) is 2. The van der Waals surface area contributed by atoms with Crippen LogP contribution in [-0.2, 0) is 4.79 Å². The number of amides is 2. The van der Waals surface area contributed by atoms with Gasteiger partial charge in [-0.15, -0.1) is 0 Å². The SMILES string of the molecule is O=C(O)Nc1cc(OCC(F)(F)F)ccc1NC(=O)CC(=O)c1cccc(-c2ccc(C3CC3)cn2)c1. The molecule has 192 valence electrons. The van der Waals surface area contributed by atoms with Crippen molar-refractivity contribution in [2.75, 3.05) is 17.2 Å². The number of halogens is 3. The molecule has 37 heavy (non-hydrogen) atoms. The van der Waals surface area contributed by atoms with Gasteiger partial charge in [0.05, 0.1) is 23.5 Å². The summed E-state index contributed by atoms with van der Waals surface area (Å²) in [5.74, 6) is -0.903. The van der Waals surface area contributed by atoms with E-state index in [1.54, 1.807) is 18.2 Å².